The molecule has 2 aromatic rings. The lowest BCUT2D eigenvalue weighted by molar-refractivity contribution is -0.122. The van der Waals surface area contributed by atoms with Gasteiger partial charge in [0.2, 0.25) is 15.9 Å². The van der Waals surface area contributed by atoms with Gasteiger partial charge in [-0.15, -0.1) is 0 Å². The highest BCUT2D eigenvalue weighted by atomic mass is 79.9. The molecule has 0 spiro atoms. The van der Waals surface area contributed by atoms with Crippen molar-refractivity contribution in [1.29, 1.82) is 0 Å². The van der Waals surface area contributed by atoms with Crippen LogP contribution in [0.3, 0.4) is 0 Å². The molecule has 9 heteroatoms. The second-order valence-corrected chi connectivity index (χ2v) is 11.5. The Kier molecular flexibility index (Phi) is 6.67. The number of carbonyl (C=O) groups is 2. The lowest BCUT2D eigenvalue weighted by Crippen LogP contribution is -2.51. The Hall–Kier alpha value is -1.55. The standard InChI is InChI=1S/C22H22Br2N2O4S/c23-15-6-10-17(11-7-15)25-21(27)14-20(22(25)28)26(18-4-2-1-3-5-18)31(29,30)19-12-8-16(24)9-13-19/h6-13,18,20H,1-5,14H2. The summed E-state index contributed by atoms with van der Waals surface area (Å²) in [6.07, 6.45) is 4.08. The van der Waals surface area contributed by atoms with Gasteiger partial charge in [0, 0.05) is 15.0 Å². The maximum absolute atomic E-state index is 13.7. The Balaban J connectivity index is 1.73. The van der Waals surface area contributed by atoms with Gasteiger partial charge in [-0.3, -0.25) is 9.59 Å². The number of halogens is 2. The summed E-state index contributed by atoms with van der Waals surface area (Å²) in [5.41, 5.74) is 0.449. The number of amides is 2. The molecule has 1 atom stereocenters. The molecule has 6 nitrogen and oxygen atoms in total. The zero-order valence-corrected chi connectivity index (χ0v) is 20.7. The molecule has 1 aliphatic carbocycles. The van der Waals surface area contributed by atoms with Crippen molar-refractivity contribution in [1.82, 2.24) is 4.31 Å². The fraction of sp³-hybridized carbons (Fsp3) is 0.364. The Bertz CT molecular complexity index is 1080. The van der Waals surface area contributed by atoms with E-state index < -0.39 is 22.0 Å². The fourth-order valence-corrected chi connectivity index (χ4v) is 6.71. The molecule has 4 rings (SSSR count). The van der Waals surface area contributed by atoms with E-state index in [0.29, 0.717) is 18.5 Å². The smallest absolute Gasteiger partial charge is 0.252 e. The highest BCUT2D eigenvalue weighted by molar-refractivity contribution is 9.10. The lowest BCUT2D eigenvalue weighted by Gasteiger charge is -2.36. The van der Waals surface area contributed by atoms with Crippen LogP contribution in [0.1, 0.15) is 38.5 Å². The number of sulfonamides is 1. The maximum atomic E-state index is 13.7. The number of hydrogen-bond acceptors (Lipinski definition) is 4. The third-order valence-corrected chi connectivity index (χ3v) is 8.87. The lowest BCUT2D eigenvalue weighted by atomic mass is 9.94. The molecule has 2 aromatic carbocycles. The Morgan fingerprint density at radius 3 is 1.97 bits per heavy atom. The van der Waals surface area contributed by atoms with E-state index >= 15 is 0 Å². The molecular formula is C22H22Br2N2O4S. The van der Waals surface area contributed by atoms with Crippen LogP contribution in [-0.4, -0.2) is 36.6 Å². The van der Waals surface area contributed by atoms with E-state index in [1.165, 1.54) is 16.4 Å². The van der Waals surface area contributed by atoms with E-state index in [9.17, 15) is 18.0 Å². The second-order valence-electron chi connectivity index (χ2n) is 7.84. The van der Waals surface area contributed by atoms with Crippen molar-refractivity contribution in [3.63, 3.8) is 0 Å². The summed E-state index contributed by atoms with van der Waals surface area (Å²) in [5.74, 6) is -0.872. The number of carbonyl (C=O) groups excluding carboxylic acids is 2. The van der Waals surface area contributed by atoms with Crippen LogP contribution >= 0.6 is 31.9 Å². The van der Waals surface area contributed by atoms with Gasteiger partial charge in [-0.05, 0) is 61.4 Å². The molecule has 164 valence electrons. The summed E-state index contributed by atoms with van der Waals surface area (Å²) in [5, 5.41) is 0. The van der Waals surface area contributed by atoms with Crippen molar-refractivity contribution in [2.75, 3.05) is 4.90 Å². The van der Waals surface area contributed by atoms with E-state index in [1.807, 2.05) is 0 Å². The Morgan fingerprint density at radius 2 is 1.39 bits per heavy atom. The van der Waals surface area contributed by atoms with Gasteiger partial charge in [0.05, 0.1) is 17.0 Å². The van der Waals surface area contributed by atoms with Gasteiger partial charge in [-0.1, -0.05) is 51.1 Å². The van der Waals surface area contributed by atoms with Crippen LogP contribution < -0.4 is 4.90 Å². The molecular weight excluding hydrogens is 548 g/mol. The SMILES string of the molecule is O=C1CC(N(C2CCCCC2)S(=O)(=O)c2ccc(Br)cc2)C(=O)N1c1ccc(Br)cc1. The summed E-state index contributed by atoms with van der Waals surface area (Å²) >= 11 is 6.68. The maximum Gasteiger partial charge on any atom is 0.252 e. The summed E-state index contributed by atoms with van der Waals surface area (Å²) in [6, 6.07) is 11.9. The number of imide groups is 1. The van der Waals surface area contributed by atoms with Crippen molar-refractivity contribution in [2.45, 2.75) is 55.5 Å². The predicted molar refractivity (Wildman–Crippen MR) is 125 cm³/mol. The molecule has 2 aliphatic rings. The molecule has 1 unspecified atom stereocenters. The summed E-state index contributed by atoms with van der Waals surface area (Å²) in [6.45, 7) is 0. The molecule has 1 heterocycles. The molecule has 2 fully saturated rings. The van der Waals surface area contributed by atoms with E-state index in [0.717, 1.165) is 33.1 Å². The van der Waals surface area contributed by atoms with Gasteiger partial charge in [0.25, 0.3) is 5.91 Å². The summed E-state index contributed by atoms with van der Waals surface area (Å²) < 4.78 is 30.3. The highest BCUT2D eigenvalue weighted by Gasteiger charge is 2.49. The van der Waals surface area contributed by atoms with Crippen LogP contribution in [0.15, 0.2) is 62.4 Å². The molecule has 1 saturated carbocycles. The van der Waals surface area contributed by atoms with Crippen molar-refractivity contribution >= 4 is 59.4 Å². The quantitative estimate of drug-likeness (QED) is 0.482. The van der Waals surface area contributed by atoms with Crippen LogP contribution in [0.2, 0.25) is 0 Å². The first kappa shape index (κ1) is 22.6. The van der Waals surface area contributed by atoms with Crippen molar-refractivity contribution in [2.24, 2.45) is 0 Å². The molecule has 0 N–H and O–H groups in total. The number of hydrogen-bond donors (Lipinski definition) is 0. The zero-order chi connectivity index (χ0) is 22.2. The zero-order valence-electron chi connectivity index (χ0n) is 16.7. The van der Waals surface area contributed by atoms with E-state index in [4.69, 9.17) is 0 Å². The minimum Gasteiger partial charge on any atom is -0.274 e. The number of benzene rings is 2. The molecule has 0 radical (unpaired) electrons. The van der Waals surface area contributed by atoms with Gasteiger partial charge < -0.3 is 0 Å². The van der Waals surface area contributed by atoms with Crippen LogP contribution in [0.5, 0.6) is 0 Å². The average molecular weight is 570 g/mol. The van der Waals surface area contributed by atoms with Gasteiger partial charge in [-0.2, -0.15) is 4.31 Å². The first-order valence-corrected chi connectivity index (χ1v) is 13.2. The third kappa shape index (κ3) is 4.51. The first-order valence-electron chi connectivity index (χ1n) is 10.2. The highest BCUT2D eigenvalue weighted by Crippen LogP contribution is 2.35. The number of anilines is 1. The molecule has 1 aliphatic heterocycles. The van der Waals surface area contributed by atoms with Crippen LogP contribution in [0.4, 0.5) is 5.69 Å². The molecule has 2 amide bonds. The largest absolute Gasteiger partial charge is 0.274 e. The van der Waals surface area contributed by atoms with Gasteiger partial charge in [0.15, 0.2) is 0 Å². The van der Waals surface area contributed by atoms with Crippen molar-refractivity contribution in [3.8, 4) is 0 Å². The number of nitrogens with zero attached hydrogens (tertiary/aromatic N) is 2. The van der Waals surface area contributed by atoms with E-state index in [2.05, 4.69) is 31.9 Å². The molecule has 0 bridgehead atoms. The molecule has 31 heavy (non-hydrogen) atoms. The Labute approximate surface area is 198 Å². The first-order chi connectivity index (χ1) is 14.8. The molecule has 1 saturated heterocycles. The van der Waals surface area contributed by atoms with E-state index in [-0.39, 0.29) is 23.3 Å². The van der Waals surface area contributed by atoms with Gasteiger partial charge >= 0.3 is 0 Å². The normalized spacial score (nSPS) is 20.6. The molecule has 0 aromatic heterocycles. The fourth-order valence-electron chi connectivity index (χ4n) is 4.36. The summed E-state index contributed by atoms with van der Waals surface area (Å²) in [4.78, 5) is 27.5. The van der Waals surface area contributed by atoms with Gasteiger partial charge in [-0.25, -0.2) is 13.3 Å². The monoisotopic (exact) mass is 568 g/mol. The minimum atomic E-state index is -3.96. The van der Waals surface area contributed by atoms with Gasteiger partial charge in [0.1, 0.15) is 6.04 Å². The predicted octanol–water partition coefficient (Wildman–Crippen LogP) is 4.87. The number of rotatable bonds is 5. The van der Waals surface area contributed by atoms with E-state index in [1.54, 1.807) is 36.4 Å². The van der Waals surface area contributed by atoms with Crippen LogP contribution in [0.25, 0.3) is 0 Å². The second kappa shape index (κ2) is 9.13. The Morgan fingerprint density at radius 1 is 0.839 bits per heavy atom. The minimum absolute atomic E-state index is 0.128. The average Bonchev–Trinajstić information content (AvgIpc) is 3.03. The van der Waals surface area contributed by atoms with Crippen molar-refractivity contribution < 1.29 is 18.0 Å². The third-order valence-electron chi connectivity index (χ3n) is 5.84. The topological polar surface area (TPSA) is 74.8 Å². The van der Waals surface area contributed by atoms with Crippen LogP contribution in [-0.2, 0) is 19.6 Å². The van der Waals surface area contributed by atoms with Crippen LogP contribution in [0, 0.1) is 0 Å². The summed E-state index contributed by atoms with van der Waals surface area (Å²) in [7, 11) is -3.96. The van der Waals surface area contributed by atoms with Crippen molar-refractivity contribution in [3.05, 3.63) is 57.5 Å².